The molecule has 1 rings (SSSR count). The third kappa shape index (κ3) is 4.21. The van der Waals surface area contributed by atoms with E-state index in [1.165, 1.54) is 12.1 Å². The molecule has 20 heavy (non-hydrogen) atoms. The normalized spacial score (nSPS) is 11.3. The molecular formula is C13H20N2O4S. The second-order valence-corrected chi connectivity index (χ2v) is 6.13. The van der Waals surface area contributed by atoms with Gasteiger partial charge in [-0.25, -0.2) is 17.9 Å². The minimum Gasteiger partial charge on any atom is -0.478 e. The lowest BCUT2D eigenvalue weighted by Crippen LogP contribution is -2.25. The Morgan fingerprint density at radius 3 is 2.55 bits per heavy atom. The molecule has 0 saturated heterocycles. The van der Waals surface area contributed by atoms with E-state index in [1.807, 2.05) is 6.92 Å². The van der Waals surface area contributed by atoms with E-state index in [4.69, 9.17) is 5.11 Å². The van der Waals surface area contributed by atoms with Gasteiger partial charge >= 0.3 is 5.97 Å². The van der Waals surface area contributed by atoms with Crippen molar-refractivity contribution in [2.75, 3.05) is 18.9 Å². The summed E-state index contributed by atoms with van der Waals surface area (Å²) in [7, 11) is -2.08. The first-order valence-electron chi connectivity index (χ1n) is 6.47. The van der Waals surface area contributed by atoms with Crippen LogP contribution in [0, 0.1) is 0 Å². The molecule has 6 nitrogen and oxygen atoms in total. The van der Waals surface area contributed by atoms with Crippen molar-refractivity contribution in [1.29, 1.82) is 0 Å². The zero-order valence-electron chi connectivity index (χ0n) is 11.6. The van der Waals surface area contributed by atoms with Crippen LogP contribution in [0.3, 0.4) is 0 Å². The van der Waals surface area contributed by atoms with E-state index in [-0.39, 0.29) is 10.5 Å². The fourth-order valence-corrected chi connectivity index (χ4v) is 2.85. The summed E-state index contributed by atoms with van der Waals surface area (Å²) in [5, 5.41) is 11.8. The molecule has 0 aliphatic rings. The van der Waals surface area contributed by atoms with Gasteiger partial charge in [-0.3, -0.25) is 0 Å². The fourth-order valence-electron chi connectivity index (χ4n) is 1.75. The zero-order chi connectivity index (χ0) is 15.2. The van der Waals surface area contributed by atoms with Gasteiger partial charge in [-0.05, 0) is 24.6 Å². The van der Waals surface area contributed by atoms with E-state index >= 15 is 0 Å². The average molecular weight is 300 g/mol. The minimum atomic E-state index is -3.66. The monoisotopic (exact) mass is 300 g/mol. The number of hydrogen-bond donors (Lipinski definition) is 3. The van der Waals surface area contributed by atoms with Gasteiger partial charge in [0.2, 0.25) is 10.0 Å². The number of hydrogen-bond acceptors (Lipinski definition) is 4. The highest BCUT2D eigenvalue weighted by molar-refractivity contribution is 7.89. The molecule has 0 unspecified atom stereocenters. The molecule has 0 amide bonds. The maximum Gasteiger partial charge on any atom is 0.337 e. The van der Waals surface area contributed by atoms with Crippen LogP contribution in [-0.2, 0) is 10.0 Å². The molecule has 0 heterocycles. The maximum atomic E-state index is 12.0. The standard InChI is InChI=1S/C13H20N2O4S/c1-3-4-5-8-15-20(18,19)10-6-7-12(14-2)11(9-10)13(16)17/h6-7,9,14-15H,3-5,8H2,1-2H3,(H,16,17). The first-order valence-corrected chi connectivity index (χ1v) is 7.95. The quantitative estimate of drug-likeness (QED) is 0.637. The summed E-state index contributed by atoms with van der Waals surface area (Å²) in [5.41, 5.74) is 0.311. The maximum absolute atomic E-state index is 12.0. The molecule has 0 bridgehead atoms. The molecule has 1 aromatic carbocycles. The van der Waals surface area contributed by atoms with Crippen LogP contribution in [0.25, 0.3) is 0 Å². The van der Waals surface area contributed by atoms with Crippen LogP contribution in [0.4, 0.5) is 5.69 Å². The van der Waals surface area contributed by atoms with Crippen molar-refractivity contribution in [3.63, 3.8) is 0 Å². The number of unbranched alkanes of at least 4 members (excludes halogenated alkanes) is 2. The van der Waals surface area contributed by atoms with Crippen molar-refractivity contribution in [2.45, 2.75) is 31.1 Å². The summed E-state index contributed by atoms with van der Waals surface area (Å²) in [6.45, 7) is 2.39. The summed E-state index contributed by atoms with van der Waals surface area (Å²) >= 11 is 0. The molecule has 3 N–H and O–H groups in total. The van der Waals surface area contributed by atoms with Gasteiger partial charge in [0, 0.05) is 19.3 Å². The largest absolute Gasteiger partial charge is 0.478 e. The lowest BCUT2D eigenvalue weighted by Gasteiger charge is -2.10. The van der Waals surface area contributed by atoms with Crippen molar-refractivity contribution in [3.8, 4) is 0 Å². The van der Waals surface area contributed by atoms with Crippen LogP contribution in [0.15, 0.2) is 23.1 Å². The van der Waals surface area contributed by atoms with E-state index in [0.29, 0.717) is 12.2 Å². The van der Waals surface area contributed by atoms with Gasteiger partial charge in [0.05, 0.1) is 10.5 Å². The van der Waals surface area contributed by atoms with E-state index < -0.39 is 16.0 Å². The molecular weight excluding hydrogens is 280 g/mol. The fraction of sp³-hybridized carbons (Fsp3) is 0.462. The van der Waals surface area contributed by atoms with Gasteiger partial charge in [-0.1, -0.05) is 19.8 Å². The highest BCUT2D eigenvalue weighted by Gasteiger charge is 2.18. The highest BCUT2D eigenvalue weighted by atomic mass is 32.2. The zero-order valence-corrected chi connectivity index (χ0v) is 12.5. The lowest BCUT2D eigenvalue weighted by molar-refractivity contribution is 0.0697. The molecule has 0 radical (unpaired) electrons. The Hall–Kier alpha value is -1.60. The third-order valence-corrected chi connectivity index (χ3v) is 4.33. The minimum absolute atomic E-state index is 0.0367. The van der Waals surface area contributed by atoms with Crippen molar-refractivity contribution in [2.24, 2.45) is 0 Å². The molecule has 0 aromatic heterocycles. The predicted molar refractivity (Wildman–Crippen MR) is 77.7 cm³/mol. The van der Waals surface area contributed by atoms with Gasteiger partial charge in [0.1, 0.15) is 0 Å². The molecule has 0 atom stereocenters. The Kier molecular flexibility index (Phi) is 5.97. The van der Waals surface area contributed by atoms with E-state index in [9.17, 15) is 13.2 Å². The lowest BCUT2D eigenvalue weighted by atomic mass is 10.2. The number of rotatable bonds is 8. The van der Waals surface area contributed by atoms with Gasteiger partial charge in [0.15, 0.2) is 0 Å². The second kappa shape index (κ2) is 7.25. The molecule has 0 aliphatic heterocycles. The first-order chi connectivity index (χ1) is 9.42. The summed E-state index contributed by atoms with van der Waals surface area (Å²) in [5.74, 6) is -1.17. The number of benzene rings is 1. The summed E-state index contributed by atoms with van der Waals surface area (Å²) in [6.07, 6.45) is 2.71. The molecule has 112 valence electrons. The average Bonchev–Trinajstić information content (AvgIpc) is 2.42. The molecule has 7 heteroatoms. The van der Waals surface area contributed by atoms with Crippen LogP contribution in [-0.4, -0.2) is 33.1 Å². The third-order valence-electron chi connectivity index (χ3n) is 2.87. The SMILES string of the molecule is CCCCCNS(=O)(=O)c1ccc(NC)c(C(=O)O)c1. The predicted octanol–water partition coefficient (Wildman–Crippen LogP) is 1.90. The van der Waals surface area contributed by atoms with Crippen molar-refractivity contribution in [1.82, 2.24) is 4.72 Å². The van der Waals surface area contributed by atoms with E-state index in [2.05, 4.69) is 10.0 Å². The van der Waals surface area contributed by atoms with Gasteiger partial charge in [-0.15, -0.1) is 0 Å². The van der Waals surface area contributed by atoms with Crippen LogP contribution in [0.2, 0.25) is 0 Å². The van der Waals surface area contributed by atoms with E-state index in [1.54, 1.807) is 7.05 Å². The Balaban J connectivity index is 2.95. The van der Waals surface area contributed by atoms with Crippen molar-refractivity contribution in [3.05, 3.63) is 23.8 Å². The first kappa shape index (κ1) is 16.5. The molecule has 0 saturated carbocycles. The van der Waals surface area contributed by atoms with Crippen molar-refractivity contribution >= 4 is 21.7 Å². The number of anilines is 1. The number of carbonyl (C=O) groups is 1. The molecule has 0 fully saturated rings. The number of aromatic carboxylic acids is 1. The Labute approximate surface area is 119 Å². The summed E-state index contributed by atoms with van der Waals surface area (Å²) in [6, 6.07) is 4.00. The molecule has 0 spiro atoms. The molecule has 1 aromatic rings. The number of nitrogens with one attached hydrogen (secondary N) is 2. The topological polar surface area (TPSA) is 95.5 Å². The van der Waals surface area contributed by atoms with Crippen LogP contribution < -0.4 is 10.0 Å². The summed E-state index contributed by atoms with van der Waals surface area (Å²) in [4.78, 5) is 11.1. The summed E-state index contributed by atoms with van der Waals surface area (Å²) < 4.78 is 26.6. The van der Waals surface area contributed by atoms with Gasteiger partial charge in [-0.2, -0.15) is 0 Å². The van der Waals surface area contributed by atoms with E-state index in [0.717, 1.165) is 25.3 Å². The number of carboxylic acid groups (broad SMARTS) is 1. The van der Waals surface area contributed by atoms with Gasteiger partial charge in [0.25, 0.3) is 0 Å². The van der Waals surface area contributed by atoms with Crippen LogP contribution in [0.1, 0.15) is 36.5 Å². The Morgan fingerprint density at radius 2 is 2.00 bits per heavy atom. The van der Waals surface area contributed by atoms with Crippen LogP contribution >= 0.6 is 0 Å². The second-order valence-electron chi connectivity index (χ2n) is 4.37. The molecule has 0 aliphatic carbocycles. The van der Waals surface area contributed by atoms with Crippen LogP contribution in [0.5, 0.6) is 0 Å². The Morgan fingerprint density at radius 1 is 1.30 bits per heavy atom. The number of sulfonamides is 1. The van der Waals surface area contributed by atoms with Gasteiger partial charge < -0.3 is 10.4 Å². The highest BCUT2D eigenvalue weighted by Crippen LogP contribution is 2.20. The Bertz CT molecular complexity index is 570. The van der Waals surface area contributed by atoms with Crippen molar-refractivity contribution < 1.29 is 18.3 Å². The number of carboxylic acids is 1. The smallest absolute Gasteiger partial charge is 0.337 e.